The molecule has 3 rings (SSSR count). The van der Waals surface area contributed by atoms with Crippen molar-refractivity contribution in [3.8, 4) is 0 Å². The fraction of sp³-hybridized carbons (Fsp3) is 0.615. The van der Waals surface area contributed by atoms with E-state index in [0.29, 0.717) is 18.2 Å². The second kappa shape index (κ2) is 3.65. The van der Waals surface area contributed by atoms with Gasteiger partial charge in [0, 0.05) is 23.4 Å². The van der Waals surface area contributed by atoms with Crippen molar-refractivity contribution in [2.75, 3.05) is 6.54 Å². The van der Waals surface area contributed by atoms with Gasteiger partial charge in [0.05, 0.1) is 12.5 Å². The van der Waals surface area contributed by atoms with Crippen molar-refractivity contribution in [1.82, 2.24) is 5.32 Å². The average molecular weight is 218 g/mol. The van der Waals surface area contributed by atoms with Gasteiger partial charge in [-0.2, -0.15) is 0 Å². The molecule has 86 valence electrons. The van der Waals surface area contributed by atoms with E-state index < -0.39 is 0 Å². The number of aliphatic hydroxyl groups is 1. The zero-order valence-corrected chi connectivity index (χ0v) is 9.61. The Morgan fingerprint density at radius 3 is 2.94 bits per heavy atom. The van der Waals surface area contributed by atoms with Crippen LogP contribution < -0.4 is 5.32 Å². The number of aliphatic imine (C=N–C) groups is 1. The van der Waals surface area contributed by atoms with Crippen LogP contribution >= 0.6 is 0 Å². The molecule has 2 atom stereocenters. The van der Waals surface area contributed by atoms with Crippen LogP contribution in [0.15, 0.2) is 28.6 Å². The Morgan fingerprint density at radius 1 is 1.44 bits per heavy atom. The Morgan fingerprint density at radius 2 is 2.25 bits per heavy atom. The minimum Gasteiger partial charge on any atom is -0.512 e. The molecule has 0 spiro atoms. The molecule has 2 aliphatic heterocycles. The fourth-order valence-corrected chi connectivity index (χ4v) is 2.62. The molecular weight excluding hydrogens is 200 g/mol. The summed E-state index contributed by atoms with van der Waals surface area (Å²) in [5, 5.41) is 13.3. The van der Waals surface area contributed by atoms with Gasteiger partial charge >= 0.3 is 0 Å². The molecule has 0 radical (unpaired) electrons. The molecule has 1 saturated carbocycles. The molecule has 3 aliphatic rings. The summed E-state index contributed by atoms with van der Waals surface area (Å²) in [6, 6.07) is 0.225. The summed E-state index contributed by atoms with van der Waals surface area (Å²) in [5.41, 5.74) is 2.40. The van der Waals surface area contributed by atoms with Crippen molar-refractivity contribution in [2.45, 2.75) is 32.2 Å². The summed E-state index contributed by atoms with van der Waals surface area (Å²) in [6.45, 7) is 2.77. The first kappa shape index (κ1) is 9.94. The Balaban J connectivity index is 1.84. The number of hydrogen-bond donors (Lipinski definition) is 2. The van der Waals surface area contributed by atoms with E-state index in [1.807, 2.05) is 6.08 Å². The highest BCUT2D eigenvalue weighted by Gasteiger charge is 2.31. The van der Waals surface area contributed by atoms with E-state index >= 15 is 0 Å². The number of allylic oxidation sites excluding steroid dienone is 1. The third-order valence-electron chi connectivity index (χ3n) is 3.83. The minimum absolute atomic E-state index is 0.0834. The van der Waals surface area contributed by atoms with Gasteiger partial charge in [0.15, 0.2) is 0 Å². The maximum Gasteiger partial charge on any atom is 0.101 e. The number of dihydropyridines is 1. The monoisotopic (exact) mass is 218 g/mol. The number of rotatable bonds is 1. The summed E-state index contributed by atoms with van der Waals surface area (Å²) in [4.78, 5) is 4.61. The molecule has 0 amide bonds. The maximum absolute atomic E-state index is 9.88. The van der Waals surface area contributed by atoms with Crippen LogP contribution in [0.4, 0.5) is 0 Å². The van der Waals surface area contributed by atoms with Gasteiger partial charge in [0.2, 0.25) is 0 Å². The Hall–Kier alpha value is -1.25. The molecule has 0 aromatic carbocycles. The van der Waals surface area contributed by atoms with Gasteiger partial charge in [-0.3, -0.25) is 4.99 Å². The van der Waals surface area contributed by atoms with Crippen molar-refractivity contribution in [1.29, 1.82) is 0 Å². The van der Waals surface area contributed by atoms with E-state index in [9.17, 15) is 5.11 Å². The lowest BCUT2D eigenvalue weighted by atomic mass is 9.79. The van der Waals surface area contributed by atoms with Crippen LogP contribution in [0.5, 0.6) is 0 Å². The summed E-state index contributed by atoms with van der Waals surface area (Å²) in [7, 11) is 0. The van der Waals surface area contributed by atoms with Gasteiger partial charge < -0.3 is 10.4 Å². The maximum atomic E-state index is 9.88. The molecule has 16 heavy (non-hydrogen) atoms. The molecule has 3 nitrogen and oxygen atoms in total. The van der Waals surface area contributed by atoms with Crippen LogP contribution in [0.2, 0.25) is 0 Å². The Labute approximate surface area is 96.0 Å². The Kier molecular flexibility index (Phi) is 2.27. The minimum atomic E-state index is 0.0834. The molecule has 0 aromatic heterocycles. The quantitative estimate of drug-likeness (QED) is 0.708. The predicted octanol–water partition coefficient (Wildman–Crippen LogP) is 2.17. The third-order valence-corrected chi connectivity index (χ3v) is 3.83. The van der Waals surface area contributed by atoms with E-state index in [0.717, 1.165) is 5.70 Å². The normalized spacial score (nSPS) is 33.9. The van der Waals surface area contributed by atoms with Crippen LogP contribution in [0.25, 0.3) is 0 Å². The highest BCUT2D eigenvalue weighted by atomic mass is 16.3. The van der Waals surface area contributed by atoms with E-state index in [1.165, 1.54) is 25.0 Å². The van der Waals surface area contributed by atoms with Gasteiger partial charge in [-0.25, -0.2) is 0 Å². The number of hydrogen-bond acceptors (Lipinski definition) is 3. The predicted molar refractivity (Wildman–Crippen MR) is 64.5 cm³/mol. The summed E-state index contributed by atoms with van der Waals surface area (Å²) in [6.07, 6.45) is 7.95. The second-order valence-corrected chi connectivity index (χ2v) is 5.07. The summed E-state index contributed by atoms with van der Waals surface area (Å²) in [5.74, 6) is 1.24. The lowest BCUT2D eigenvalue weighted by Gasteiger charge is -2.34. The van der Waals surface area contributed by atoms with Crippen LogP contribution in [0.1, 0.15) is 26.2 Å². The van der Waals surface area contributed by atoms with Crippen molar-refractivity contribution < 1.29 is 5.11 Å². The van der Waals surface area contributed by atoms with Crippen LogP contribution in [0.3, 0.4) is 0 Å². The number of nitrogens with zero attached hydrogens (tertiary/aromatic N) is 1. The molecule has 0 bridgehead atoms. The molecule has 3 heteroatoms. The lowest BCUT2D eigenvalue weighted by Crippen LogP contribution is -2.38. The Bertz CT molecular complexity index is 391. The number of fused-ring (bicyclic) bond motifs is 1. The van der Waals surface area contributed by atoms with Crippen molar-refractivity contribution in [3.05, 3.63) is 23.6 Å². The van der Waals surface area contributed by atoms with Crippen LogP contribution in [-0.2, 0) is 0 Å². The van der Waals surface area contributed by atoms with Gasteiger partial charge in [-0.1, -0.05) is 6.42 Å². The smallest absolute Gasteiger partial charge is 0.101 e. The third kappa shape index (κ3) is 1.55. The first-order valence-corrected chi connectivity index (χ1v) is 6.17. The van der Waals surface area contributed by atoms with Gasteiger partial charge in [0.25, 0.3) is 0 Å². The molecule has 2 heterocycles. The van der Waals surface area contributed by atoms with E-state index in [1.54, 1.807) is 0 Å². The van der Waals surface area contributed by atoms with Crippen molar-refractivity contribution in [2.24, 2.45) is 16.8 Å². The van der Waals surface area contributed by atoms with Gasteiger partial charge in [-0.05, 0) is 31.9 Å². The highest BCUT2D eigenvalue weighted by Crippen LogP contribution is 2.33. The fourth-order valence-electron chi connectivity index (χ4n) is 2.62. The first-order valence-electron chi connectivity index (χ1n) is 6.17. The van der Waals surface area contributed by atoms with Crippen molar-refractivity contribution >= 4 is 5.71 Å². The zero-order valence-electron chi connectivity index (χ0n) is 9.61. The molecule has 0 saturated heterocycles. The molecule has 2 N–H and O–H groups in total. The van der Waals surface area contributed by atoms with E-state index in [4.69, 9.17) is 0 Å². The SMILES string of the molecule is CC1C=C(O)C2CN=C(C3CCC3)C=C2N1. The van der Waals surface area contributed by atoms with Gasteiger partial charge in [-0.15, -0.1) is 0 Å². The van der Waals surface area contributed by atoms with Crippen molar-refractivity contribution in [3.63, 3.8) is 0 Å². The number of aliphatic hydroxyl groups excluding tert-OH is 1. The largest absolute Gasteiger partial charge is 0.512 e. The molecule has 1 fully saturated rings. The van der Waals surface area contributed by atoms with E-state index in [-0.39, 0.29) is 12.0 Å². The summed E-state index contributed by atoms with van der Waals surface area (Å²) < 4.78 is 0. The first-order chi connectivity index (χ1) is 7.74. The topological polar surface area (TPSA) is 44.6 Å². The molecule has 2 unspecified atom stereocenters. The molecule has 1 aliphatic carbocycles. The zero-order chi connectivity index (χ0) is 11.1. The number of nitrogens with one attached hydrogen (secondary N) is 1. The van der Waals surface area contributed by atoms with E-state index in [2.05, 4.69) is 23.3 Å². The van der Waals surface area contributed by atoms with Crippen LogP contribution in [0, 0.1) is 11.8 Å². The average Bonchev–Trinajstić information content (AvgIpc) is 2.13. The van der Waals surface area contributed by atoms with Gasteiger partial charge in [0.1, 0.15) is 5.76 Å². The molecular formula is C13H18N2O. The van der Waals surface area contributed by atoms with Crippen LogP contribution in [-0.4, -0.2) is 23.4 Å². The summed E-state index contributed by atoms with van der Waals surface area (Å²) >= 11 is 0. The highest BCUT2D eigenvalue weighted by molar-refractivity contribution is 5.98. The lowest BCUT2D eigenvalue weighted by molar-refractivity contribution is 0.323. The second-order valence-electron chi connectivity index (χ2n) is 5.07. The standard InChI is InChI=1S/C13H18N2O/c1-8-5-13(16)10-7-14-11(6-12(10)15-8)9-3-2-4-9/h5-6,8-10,15-16H,2-4,7H2,1H3. The molecule has 0 aromatic rings.